The third kappa shape index (κ3) is 5.01. The molecule has 0 spiro atoms. The Balaban J connectivity index is 1.42. The van der Waals surface area contributed by atoms with Crippen LogP contribution >= 0.6 is 0 Å². The van der Waals surface area contributed by atoms with Gasteiger partial charge in [-0.25, -0.2) is 4.39 Å². The molecule has 2 heterocycles. The Hall–Kier alpha value is -3.98. The van der Waals surface area contributed by atoms with Crippen molar-refractivity contribution in [1.29, 1.82) is 0 Å². The van der Waals surface area contributed by atoms with Crippen LogP contribution in [-0.4, -0.2) is 23.6 Å². The number of hydrogen-bond acceptors (Lipinski definition) is 6. The molecule has 164 valence electrons. The van der Waals surface area contributed by atoms with Gasteiger partial charge < -0.3 is 20.2 Å². The third-order valence-electron chi connectivity index (χ3n) is 4.87. The number of rotatable bonds is 8. The number of amides is 2. The number of nitrogens with one attached hydrogen (secondary N) is 1. The molecule has 1 aliphatic rings. The number of nitrogens with two attached hydrogens (primary N) is 1. The van der Waals surface area contributed by atoms with E-state index in [2.05, 4.69) is 10.4 Å². The predicted octanol–water partition coefficient (Wildman–Crippen LogP) is 3.19. The van der Waals surface area contributed by atoms with Crippen molar-refractivity contribution in [1.82, 2.24) is 0 Å². The monoisotopic (exact) mass is 436 g/mol. The number of carbonyl (C=O) groups is 2. The van der Waals surface area contributed by atoms with Gasteiger partial charge >= 0.3 is 0 Å². The lowest BCUT2D eigenvalue weighted by Gasteiger charge is -2.20. The molecule has 0 aliphatic carbocycles. The van der Waals surface area contributed by atoms with Crippen molar-refractivity contribution in [3.8, 4) is 0 Å². The number of carbonyl (C=O) groups excluding carboxylic acids is 2. The number of halogens is 1. The van der Waals surface area contributed by atoms with Crippen molar-refractivity contribution in [2.24, 2.45) is 10.8 Å². The molecule has 8 nitrogen and oxygen atoms in total. The van der Waals surface area contributed by atoms with Crippen LogP contribution in [0.3, 0.4) is 0 Å². The topological polar surface area (TPSA) is 110 Å². The summed E-state index contributed by atoms with van der Waals surface area (Å²) in [6.07, 6.45) is 1.63. The van der Waals surface area contributed by atoms with Gasteiger partial charge in [0.05, 0.1) is 18.6 Å². The minimum atomic E-state index is -0.831. The average Bonchev–Trinajstić information content (AvgIpc) is 3.45. The first-order valence-electron chi connectivity index (χ1n) is 9.91. The van der Waals surface area contributed by atoms with E-state index in [1.54, 1.807) is 30.5 Å². The second kappa shape index (κ2) is 9.44. The van der Waals surface area contributed by atoms with E-state index in [9.17, 15) is 14.0 Å². The second-order valence-corrected chi connectivity index (χ2v) is 7.22. The van der Waals surface area contributed by atoms with Gasteiger partial charge in [-0.05, 0) is 54.1 Å². The smallest absolute Gasteiger partial charge is 0.271 e. The zero-order valence-corrected chi connectivity index (χ0v) is 17.0. The maximum atomic E-state index is 13.2. The lowest BCUT2D eigenvalue weighted by Crippen LogP contribution is -2.39. The summed E-state index contributed by atoms with van der Waals surface area (Å²) in [6.45, 7) is 0.682. The molecule has 0 saturated heterocycles. The summed E-state index contributed by atoms with van der Waals surface area (Å²) in [5, 5.41) is 8.40. The number of benzene rings is 2. The van der Waals surface area contributed by atoms with Crippen LogP contribution in [-0.2, 0) is 27.5 Å². The molecule has 3 N–H and O–H groups in total. The number of anilines is 2. The van der Waals surface area contributed by atoms with E-state index in [1.807, 2.05) is 12.1 Å². The molecule has 3 aromatic rings. The van der Waals surface area contributed by atoms with Crippen LogP contribution in [0.25, 0.3) is 0 Å². The highest BCUT2D eigenvalue weighted by atomic mass is 19.1. The molecule has 4 rings (SSSR count). The Kier molecular flexibility index (Phi) is 6.27. The highest BCUT2D eigenvalue weighted by molar-refractivity contribution is 6.44. The Labute approximate surface area is 183 Å². The Morgan fingerprint density at radius 2 is 1.97 bits per heavy atom. The first-order chi connectivity index (χ1) is 15.5. The number of primary amides is 1. The average molecular weight is 436 g/mol. The van der Waals surface area contributed by atoms with Crippen LogP contribution in [0.15, 0.2) is 76.4 Å². The molecule has 1 aromatic heterocycles. The zero-order valence-electron chi connectivity index (χ0n) is 17.0. The highest BCUT2D eigenvalue weighted by Gasteiger charge is 2.35. The van der Waals surface area contributed by atoms with Gasteiger partial charge in [0.25, 0.3) is 5.91 Å². The minimum absolute atomic E-state index is 0.0461. The fourth-order valence-corrected chi connectivity index (χ4v) is 3.31. The molecule has 1 unspecified atom stereocenters. The third-order valence-corrected chi connectivity index (χ3v) is 4.87. The summed E-state index contributed by atoms with van der Waals surface area (Å²) in [5.41, 5.74) is 7.54. The predicted molar refractivity (Wildman–Crippen MR) is 116 cm³/mol. The van der Waals surface area contributed by atoms with Gasteiger partial charge in [0.1, 0.15) is 29.9 Å². The van der Waals surface area contributed by atoms with Gasteiger partial charge in [0.15, 0.2) is 0 Å². The van der Waals surface area contributed by atoms with Crippen molar-refractivity contribution in [2.45, 2.75) is 25.7 Å². The molecule has 32 heavy (non-hydrogen) atoms. The molecule has 2 aromatic carbocycles. The van der Waals surface area contributed by atoms with E-state index in [0.717, 1.165) is 11.3 Å². The van der Waals surface area contributed by atoms with E-state index in [1.165, 1.54) is 29.3 Å². The molecule has 9 heteroatoms. The Morgan fingerprint density at radius 3 is 2.69 bits per heavy atom. The number of ether oxygens (including phenoxy) is 1. The van der Waals surface area contributed by atoms with Crippen molar-refractivity contribution in [3.05, 3.63) is 84.1 Å². The maximum Gasteiger partial charge on any atom is 0.271 e. The number of furan rings is 1. The van der Waals surface area contributed by atoms with Crippen molar-refractivity contribution >= 4 is 28.9 Å². The molecule has 0 radical (unpaired) electrons. The lowest BCUT2D eigenvalue weighted by molar-refractivity contribution is -0.119. The number of nitrogens with zero attached hydrogens (tertiary/aromatic N) is 2. The van der Waals surface area contributed by atoms with Gasteiger partial charge in [0, 0.05) is 12.1 Å². The number of hydrogen-bond donors (Lipinski definition) is 2. The normalized spacial score (nSPS) is 15.5. The summed E-state index contributed by atoms with van der Waals surface area (Å²) in [7, 11) is 0. The van der Waals surface area contributed by atoms with Crippen LogP contribution < -0.4 is 16.1 Å². The van der Waals surface area contributed by atoms with Crippen LogP contribution in [0.1, 0.15) is 17.7 Å². The lowest BCUT2D eigenvalue weighted by atomic mass is 10.1. The van der Waals surface area contributed by atoms with Gasteiger partial charge in [0.2, 0.25) is 5.91 Å². The van der Waals surface area contributed by atoms with Crippen LogP contribution in [0.2, 0.25) is 0 Å². The molecule has 1 atom stereocenters. The summed E-state index contributed by atoms with van der Waals surface area (Å²) in [4.78, 5) is 24.7. The zero-order chi connectivity index (χ0) is 22.5. The van der Waals surface area contributed by atoms with E-state index in [4.69, 9.17) is 14.9 Å². The van der Waals surface area contributed by atoms with Crippen LogP contribution in [0.5, 0.6) is 0 Å². The fraction of sp³-hybridized carbons (Fsp3) is 0.174. The van der Waals surface area contributed by atoms with Crippen molar-refractivity contribution in [2.75, 3.05) is 10.3 Å². The SMILES string of the molecule is NC(=O)C1CC(C(=O)Nc2cccc(COCc3ccco3)c2)=NN1c1ccc(F)cc1. The van der Waals surface area contributed by atoms with Gasteiger partial charge in [-0.3, -0.25) is 14.6 Å². The quantitative estimate of drug-likeness (QED) is 0.564. The Bertz CT molecular complexity index is 1130. The molecular weight excluding hydrogens is 415 g/mol. The van der Waals surface area contributed by atoms with Gasteiger partial charge in [-0.1, -0.05) is 12.1 Å². The van der Waals surface area contributed by atoms with Gasteiger partial charge in [-0.2, -0.15) is 5.10 Å². The van der Waals surface area contributed by atoms with E-state index >= 15 is 0 Å². The molecule has 0 bridgehead atoms. The highest BCUT2D eigenvalue weighted by Crippen LogP contribution is 2.25. The summed E-state index contributed by atoms with van der Waals surface area (Å²) < 4.78 is 24.1. The van der Waals surface area contributed by atoms with Crippen molar-refractivity contribution in [3.63, 3.8) is 0 Å². The van der Waals surface area contributed by atoms with Crippen molar-refractivity contribution < 1.29 is 23.1 Å². The Morgan fingerprint density at radius 1 is 1.16 bits per heavy atom. The molecule has 1 aliphatic heterocycles. The standard InChI is InChI=1S/C23H21FN4O4/c24-16-6-8-18(9-7-16)28-21(22(25)29)12-20(27-28)23(30)26-17-4-1-3-15(11-17)13-31-14-19-5-2-10-32-19/h1-11,21H,12-14H2,(H2,25,29)(H,26,30). The summed E-state index contributed by atoms with van der Waals surface area (Å²) >= 11 is 0. The molecule has 0 saturated carbocycles. The molecule has 2 amide bonds. The number of hydrazone groups is 1. The van der Waals surface area contributed by atoms with E-state index in [0.29, 0.717) is 24.6 Å². The first kappa shape index (κ1) is 21.3. The fourth-order valence-electron chi connectivity index (χ4n) is 3.31. The maximum absolute atomic E-state index is 13.2. The summed E-state index contributed by atoms with van der Waals surface area (Å²) in [5.74, 6) is -0.770. The minimum Gasteiger partial charge on any atom is -0.467 e. The van der Waals surface area contributed by atoms with E-state index < -0.39 is 23.7 Å². The van der Waals surface area contributed by atoms with Gasteiger partial charge in [-0.15, -0.1) is 0 Å². The van der Waals surface area contributed by atoms with Crippen LogP contribution in [0, 0.1) is 5.82 Å². The summed E-state index contributed by atoms with van der Waals surface area (Å²) in [6, 6.07) is 15.4. The molecular formula is C23H21FN4O4. The molecule has 0 fully saturated rings. The largest absolute Gasteiger partial charge is 0.467 e. The first-order valence-corrected chi connectivity index (χ1v) is 9.91. The second-order valence-electron chi connectivity index (χ2n) is 7.22. The van der Waals surface area contributed by atoms with E-state index in [-0.39, 0.29) is 12.1 Å². The van der Waals surface area contributed by atoms with Crippen LogP contribution in [0.4, 0.5) is 15.8 Å².